The summed E-state index contributed by atoms with van der Waals surface area (Å²) in [5, 5.41) is 4.17. The lowest BCUT2D eigenvalue weighted by Crippen LogP contribution is -2.48. The van der Waals surface area contributed by atoms with Crippen LogP contribution >= 0.6 is 0 Å². The van der Waals surface area contributed by atoms with Gasteiger partial charge in [-0.3, -0.25) is 0 Å². The Balaban J connectivity index is 1.32. The number of carbonyl (C=O) groups is 1. The lowest BCUT2D eigenvalue weighted by Gasteiger charge is -2.35. The van der Waals surface area contributed by atoms with Crippen molar-refractivity contribution >= 4 is 11.7 Å². The molecule has 0 N–H and O–H groups in total. The summed E-state index contributed by atoms with van der Waals surface area (Å²) < 4.78 is 26.5. The summed E-state index contributed by atoms with van der Waals surface area (Å²) in [6.45, 7) is 5.23. The summed E-state index contributed by atoms with van der Waals surface area (Å²) in [6, 6.07) is 5.70. The molecule has 28 heavy (non-hydrogen) atoms. The maximum Gasteiger partial charge on any atom is 0.366 e. The van der Waals surface area contributed by atoms with E-state index in [9.17, 15) is 4.79 Å². The minimum absolute atomic E-state index is 0.254. The van der Waals surface area contributed by atoms with Crippen LogP contribution in [-0.2, 0) is 23.8 Å². The Kier molecular flexibility index (Phi) is 6.74. The quantitative estimate of drug-likeness (QED) is 0.291. The molecule has 1 aromatic rings. The molecule has 0 atom stereocenters. The van der Waals surface area contributed by atoms with Crippen molar-refractivity contribution in [3.63, 3.8) is 0 Å². The van der Waals surface area contributed by atoms with Crippen LogP contribution in [0, 0.1) is 5.92 Å². The number of methoxy groups -OCH3 is 1. The van der Waals surface area contributed by atoms with Gasteiger partial charge in [-0.2, -0.15) is 0 Å². The highest BCUT2D eigenvalue weighted by Crippen LogP contribution is 2.32. The summed E-state index contributed by atoms with van der Waals surface area (Å²) in [4.78, 5) is 17.1. The van der Waals surface area contributed by atoms with Crippen molar-refractivity contribution in [1.29, 1.82) is 0 Å². The van der Waals surface area contributed by atoms with Crippen molar-refractivity contribution in [3.05, 3.63) is 23.8 Å². The zero-order valence-corrected chi connectivity index (χ0v) is 16.6. The number of fused-ring (bicyclic) bond motifs is 1. The van der Waals surface area contributed by atoms with Crippen molar-refractivity contribution < 1.29 is 33.3 Å². The van der Waals surface area contributed by atoms with Gasteiger partial charge >= 0.3 is 5.97 Å². The van der Waals surface area contributed by atoms with Gasteiger partial charge in [0.25, 0.3) is 5.79 Å². The van der Waals surface area contributed by atoms with Gasteiger partial charge in [-0.15, -0.1) is 0 Å². The predicted octanol–water partition coefficient (Wildman–Crippen LogP) is 2.88. The first-order valence-corrected chi connectivity index (χ1v) is 9.45. The Morgan fingerprint density at radius 1 is 1.21 bits per heavy atom. The van der Waals surface area contributed by atoms with Crippen LogP contribution in [0.25, 0.3) is 0 Å². The fourth-order valence-corrected chi connectivity index (χ4v) is 3.03. The van der Waals surface area contributed by atoms with Crippen molar-refractivity contribution in [1.82, 2.24) is 0 Å². The highest BCUT2D eigenvalue weighted by Gasteiger charge is 2.41. The monoisotopic (exact) mass is 393 g/mol. The number of unbranched alkanes of at least 4 members (excludes halogenated alkanes) is 1. The molecule has 8 heteroatoms. The SMILES string of the molecule is COC(=O)C1(C)OCC(CCCCON=C(C)c2ccc3c(c2)OCO3)CO1. The Hall–Kier alpha value is -2.32. The van der Waals surface area contributed by atoms with E-state index in [1.54, 1.807) is 6.92 Å². The lowest BCUT2D eigenvalue weighted by molar-refractivity contribution is -0.272. The summed E-state index contributed by atoms with van der Waals surface area (Å²) in [5.74, 6) is -0.0473. The zero-order chi connectivity index (χ0) is 20.0. The van der Waals surface area contributed by atoms with Gasteiger partial charge in [-0.1, -0.05) is 5.16 Å². The van der Waals surface area contributed by atoms with Gasteiger partial charge in [0, 0.05) is 18.4 Å². The molecule has 154 valence electrons. The molecule has 0 bridgehead atoms. The number of benzene rings is 1. The standard InChI is InChI=1S/C20H27NO7/c1-14(16-7-8-17-18(10-16)25-13-24-17)21-28-9-5-4-6-15-11-26-20(2,27-12-15)19(22)23-3/h7-8,10,15H,4-6,9,11-13H2,1-3H3. The second kappa shape index (κ2) is 9.25. The van der Waals surface area contributed by atoms with Crippen molar-refractivity contribution in [2.75, 3.05) is 33.7 Å². The van der Waals surface area contributed by atoms with Gasteiger partial charge in [0.05, 0.1) is 26.0 Å². The summed E-state index contributed by atoms with van der Waals surface area (Å²) in [7, 11) is 1.32. The van der Waals surface area contributed by atoms with Crippen molar-refractivity contribution in [3.8, 4) is 11.5 Å². The molecule has 2 heterocycles. The van der Waals surface area contributed by atoms with E-state index in [1.807, 2.05) is 25.1 Å². The van der Waals surface area contributed by atoms with Crippen LogP contribution in [0.2, 0.25) is 0 Å². The van der Waals surface area contributed by atoms with Crippen LogP contribution in [0.3, 0.4) is 0 Å². The van der Waals surface area contributed by atoms with E-state index in [0.717, 1.165) is 42.0 Å². The number of ether oxygens (including phenoxy) is 5. The first-order chi connectivity index (χ1) is 13.5. The second-order valence-corrected chi connectivity index (χ2v) is 7.00. The first-order valence-electron chi connectivity index (χ1n) is 9.45. The minimum atomic E-state index is -1.28. The van der Waals surface area contributed by atoms with E-state index in [0.29, 0.717) is 19.8 Å². The van der Waals surface area contributed by atoms with Crippen LogP contribution in [0.5, 0.6) is 11.5 Å². The number of rotatable bonds is 8. The molecule has 2 aliphatic heterocycles. The third-order valence-corrected chi connectivity index (χ3v) is 4.83. The number of hydrogen-bond donors (Lipinski definition) is 0. The number of nitrogens with zero attached hydrogens (tertiary/aromatic N) is 1. The van der Waals surface area contributed by atoms with E-state index >= 15 is 0 Å². The molecule has 1 fully saturated rings. The second-order valence-electron chi connectivity index (χ2n) is 7.00. The molecule has 0 unspecified atom stereocenters. The molecule has 1 aromatic carbocycles. The molecule has 0 radical (unpaired) electrons. The van der Waals surface area contributed by atoms with Gasteiger partial charge < -0.3 is 28.5 Å². The molecule has 0 aliphatic carbocycles. The fourth-order valence-electron chi connectivity index (χ4n) is 3.03. The molecular formula is C20H27NO7. The van der Waals surface area contributed by atoms with Crippen LogP contribution < -0.4 is 9.47 Å². The van der Waals surface area contributed by atoms with E-state index in [-0.39, 0.29) is 12.7 Å². The van der Waals surface area contributed by atoms with Crippen LogP contribution in [0.15, 0.2) is 23.4 Å². The highest BCUT2D eigenvalue weighted by molar-refractivity contribution is 5.98. The zero-order valence-electron chi connectivity index (χ0n) is 16.6. The van der Waals surface area contributed by atoms with E-state index in [2.05, 4.69) is 5.16 Å². The van der Waals surface area contributed by atoms with Crippen molar-refractivity contribution in [2.24, 2.45) is 11.1 Å². The fraction of sp³-hybridized carbons (Fsp3) is 0.600. The molecule has 1 saturated heterocycles. The Morgan fingerprint density at radius 3 is 2.71 bits per heavy atom. The normalized spacial score (nSPS) is 24.1. The largest absolute Gasteiger partial charge is 0.465 e. The van der Waals surface area contributed by atoms with Crippen molar-refractivity contribution in [2.45, 2.75) is 38.9 Å². The molecule has 3 rings (SSSR count). The van der Waals surface area contributed by atoms with Gasteiger partial charge in [0.15, 0.2) is 11.5 Å². The number of oxime groups is 1. The average molecular weight is 393 g/mol. The predicted molar refractivity (Wildman–Crippen MR) is 100 cm³/mol. The van der Waals surface area contributed by atoms with E-state index < -0.39 is 11.8 Å². The van der Waals surface area contributed by atoms with Crippen LogP contribution in [0.1, 0.15) is 38.7 Å². The Labute approximate surface area is 164 Å². The topological polar surface area (TPSA) is 84.8 Å². The lowest BCUT2D eigenvalue weighted by atomic mass is 10.0. The number of hydrogen-bond acceptors (Lipinski definition) is 8. The molecule has 0 saturated carbocycles. The average Bonchev–Trinajstić information content (AvgIpc) is 3.19. The third kappa shape index (κ3) is 4.94. The van der Waals surface area contributed by atoms with Gasteiger partial charge in [-0.25, -0.2) is 4.79 Å². The van der Waals surface area contributed by atoms with Gasteiger partial charge in [-0.05, 0) is 44.4 Å². The van der Waals surface area contributed by atoms with E-state index in [4.69, 9.17) is 28.5 Å². The van der Waals surface area contributed by atoms with Crippen LogP contribution in [-0.4, -0.2) is 51.2 Å². The maximum atomic E-state index is 11.6. The Morgan fingerprint density at radius 2 is 1.96 bits per heavy atom. The Bertz CT molecular complexity index is 711. The first kappa shape index (κ1) is 20.4. The van der Waals surface area contributed by atoms with E-state index in [1.165, 1.54) is 7.11 Å². The summed E-state index contributed by atoms with van der Waals surface area (Å²) in [6.07, 6.45) is 2.78. The maximum absolute atomic E-state index is 11.6. The highest BCUT2D eigenvalue weighted by atomic mass is 16.7. The van der Waals surface area contributed by atoms with Gasteiger partial charge in [0.2, 0.25) is 6.79 Å². The van der Waals surface area contributed by atoms with Gasteiger partial charge in [0.1, 0.15) is 6.61 Å². The molecular weight excluding hydrogens is 366 g/mol. The molecule has 2 aliphatic rings. The third-order valence-electron chi connectivity index (χ3n) is 4.83. The molecule has 0 amide bonds. The minimum Gasteiger partial charge on any atom is -0.465 e. The number of esters is 1. The smallest absolute Gasteiger partial charge is 0.366 e. The summed E-state index contributed by atoms with van der Waals surface area (Å²) in [5.41, 5.74) is 1.73. The molecule has 0 spiro atoms. The molecule has 8 nitrogen and oxygen atoms in total. The molecule has 0 aromatic heterocycles. The summed E-state index contributed by atoms with van der Waals surface area (Å²) >= 11 is 0. The van der Waals surface area contributed by atoms with Crippen LogP contribution in [0.4, 0.5) is 0 Å². The number of carbonyl (C=O) groups excluding carboxylic acids is 1.